The Morgan fingerprint density at radius 1 is 1.41 bits per heavy atom. The molecule has 6 heteroatoms. The summed E-state index contributed by atoms with van der Waals surface area (Å²) in [6.07, 6.45) is 0. The van der Waals surface area contributed by atoms with Gasteiger partial charge in [-0.1, -0.05) is 0 Å². The molecule has 0 saturated heterocycles. The minimum absolute atomic E-state index is 0.0678. The Hall–Kier alpha value is -1.85. The smallest absolute Gasteiger partial charge is 0.242 e. The van der Waals surface area contributed by atoms with Crippen LogP contribution >= 0.6 is 0 Å². The predicted molar refractivity (Wildman–Crippen MR) is 67.7 cm³/mol. The predicted octanol–water partition coefficient (Wildman–Crippen LogP) is 0.612. The second kappa shape index (κ2) is 5.47. The zero-order valence-corrected chi connectivity index (χ0v) is 10.7. The number of likely N-dealkylation sites (N-methyl/N-ethyl adjacent to an activating group) is 1. The summed E-state index contributed by atoms with van der Waals surface area (Å²) in [5.74, 6) is 1.55. The number of hydrogen-bond donors (Lipinski definition) is 3. The van der Waals surface area contributed by atoms with Gasteiger partial charge in [0.25, 0.3) is 0 Å². The highest BCUT2D eigenvalue weighted by Gasteiger charge is 2.14. The lowest BCUT2D eigenvalue weighted by molar-refractivity contribution is -0.121. The number of aryl methyl sites for hydroxylation is 1. The van der Waals surface area contributed by atoms with Crippen LogP contribution in [0.3, 0.4) is 0 Å². The van der Waals surface area contributed by atoms with Crippen LogP contribution in [-0.2, 0) is 4.79 Å². The van der Waals surface area contributed by atoms with E-state index in [-0.39, 0.29) is 11.9 Å². The summed E-state index contributed by atoms with van der Waals surface area (Å²) in [4.78, 5) is 19.9. The molecule has 0 fully saturated rings. The molecule has 0 saturated carbocycles. The first kappa shape index (κ1) is 13.2. The fourth-order valence-electron chi connectivity index (χ4n) is 1.39. The number of carbonyl (C=O) groups is 1. The number of rotatable bonds is 4. The summed E-state index contributed by atoms with van der Waals surface area (Å²) in [6, 6.07) is -0.359. The third-order valence-corrected chi connectivity index (χ3v) is 2.39. The SMILES string of the molecule is CCNC(=O)C(C)Nc1nc(C)nc(N)c1C. The standard InChI is InChI=1S/C11H19N5O/c1-5-13-11(17)7(3)14-10-6(2)9(12)15-8(4)16-10/h7H,5H2,1-4H3,(H,13,17)(H3,12,14,15,16). The minimum atomic E-state index is -0.359. The number of nitrogen functional groups attached to an aromatic ring is 1. The van der Waals surface area contributed by atoms with E-state index < -0.39 is 0 Å². The maximum absolute atomic E-state index is 11.6. The molecule has 1 atom stereocenters. The van der Waals surface area contributed by atoms with Crippen molar-refractivity contribution in [3.63, 3.8) is 0 Å². The number of nitrogens with two attached hydrogens (primary N) is 1. The van der Waals surface area contributed by atoms with Gasteiger partial charge in [-0.15, -0.1) is 0 Å². The zero-order valence-electron chi connectivity index (χ0n) is 10.7. The topological polar surface area (TPSA) is 92.9 Å². The highest BCUT2D eigenvalue weighted by molar-refractivity contribution is 5.84. The lowest BCUT2D eigenvalue weighted by atomic mass is 10.2. The Morgan fingerprint density at radius 2 is 2.06 bits per heavy atom. The van der Waals surface area contributed by atoms with Gasteiger partial charge in [-0.05, 0) is 27.7 Å². The molecule has 1 aromatic rings. The first-order chi connectivity index (χ1) is 7.95. The van der Waals surface area contributed by atoms with Gasteiger partial charge in [0.05, 0.1) is 0 Å². The van der Waals surface area contributed by atoms with Crippen molar-refractivity contribution in [3.05, 3.63) is 11.4 Å². The normalized spacial score (nSPS) is 12.0. The second-order valence-corrected chi connectivity index (χ2v) is 3.89. The molecule has 0 aliphatic heterocycles. The van der Waals surface area contributed by atoms with E-state index in [0.29, 0.717) is 24.0 Å². The minimum Gasteiger partial charge on any atom is -0.383 e. The molecule has 4 N–H and O–H groups in total. The van der Waals surface area contributed by atoms with Gasteiger partial charge in [0.2, 0.25) is 5.91 Å². The van der Waals surface area contributed by atoms with Gasteiger partial charge >= 0.3 is 0 Å². The largest absolute Gasteiger partial charge is 0.383 e. The van der Waals surface area contributed by atoms with Gasteiger partial charge in [0.1, 0.15) is 23.5 Å². The summed E-state index contributed by atoms with van der Waals surface area (Å²) in [6.45, 7) is 7.84. The number of nitrogens with zero attached hydrogens (tertiary/aromatic N) is 2. The summed E-state index contributed by atoms with van der Waals surface area (Å²) in [7, 11) is 0. The molecule has 94 valence electrons. The number of carbonyl (C=O) groups excluding carboxylic acids is 1. The van der Waals surface area contributed by atoms with Crippen LogP contribution in [0.5, 0.6) is 0 Å². The number of aromatic nitrogens is 2. The molecule has 6 nitrogen and oxygen atoms in total. The molecule has 1 unspecified atom stereocenters. The van der Waals surface area contributed by atoms with E-state index in [1.165, 1.54) is 0 Å². The zero-order chi connectivity index (χ0) is 13.0. The fourth-order valence-corrected chi connectivity index (χ4v) is 1.39. The Morgan fingerprint density at radius 3 is 2.65 bits per heavy atom. The molecule has 1 rings (SSSR count). The number of amides is 1. The van der Waals surface area contributed by atoms with Crippen molar-refractivity contribution in [2.75, 3.05) is 17.6 Å². The van der Waals surface area contributed by atoms with E-state index in [1.54, 1.807) is 13.8 Å². The Bertz CT molecular complexity index is 419. The fraction of sp³-hybridized carbons (Fsp3) is 0.545. The van der Waals surface area contributed by atoms with E-state index in [2.05, 4.69) is 20.6 Å². The molecule has 0 spiro atoms. The van der Waals surface area contributed by atoms with Crippen molar-refractivity contribution in [1.82, 2.24) is 15.3 Å². The van der Waals surface area contributed by atoms with Crippen LogP contribution in [0.4, 0.5) is 11.6 Å². The summed E-state index contributed by atoms with van der Waals surface area (Å²) >= 11 is 0. The van der Waals surface area contributed by atoms with Crippen LogP contribution in [-0.4, -0.2) is 28.5 Å². The van der Waals surface area contributed by atoms with E-state index in [1.807, 2.05) is 13.8 Å². The summed E-state index contributed by atoms with van der Waals surface area (Å²) in [5, 5.41) is 5.77. The van der Waals surface area contributed by atoms with Crippen LogP contribution < -0.4 is 16.4 Å². The van der Waals surface area contributed by atoms with Gasteiger partial charge in [-0.3, -0.25) is 4.79 Å². The highest BCUT2D eigenvalue weighted by atomic mass is 16.2. The molecule has 1 amide bonds. The maximum Gasteiger partial charge on any atom is 0.242 e. The average molecular weight is 237 g/mol. The van der Waals surface area contributed by atoms with Crippen LogP contribution in [0.25, 0.3) is 0 Å². The Balaban J connectivity index is 2.84. The van der Waals surface area contributed by atoms with Gasteiger partial charge < -0.3 is 16.4 Å². The molecule has 0 aliphatic carbocycles. The quantitative estimate of drug-likeness (QED) is 0.713. The third-order valence-electron chi connectivity index (χ3n) is 2.39. The molecule has 0 aliphatic rings. The second-order valence-electron chi connectivity index (χ2n) is 3.89. The third kappa shape index (κ3) is 3.30. The van der Waals surface area contributed by atoms with Gasteiger partial charge in [-0.25, -0.2) is 9.97 Å². The number of anilines is 2. The van der Waals surface area contributed by atoms with Gasteiger partial charge in [0.15, 0.2) is 0 Å². The molecular weight excluding hydrogens is 218 g/mol. The van der Waals surface area contributed by atoms with Crippen LogP contribution in [0, 0.1) is 13.8 Å². The van der Waals surface area contributed by atoms with E-state index >= 15 is 0 Å². The molecule has 17 heavy (non-hydrogen) atoms. The van der Waals surface area contributed by atoms with Crippen molar-refractivity contribution >= 4 is 17.5 Å². The van der Waals surface area contributed by atoms with E-state index in [9.17, 15) is 4.79 Å². The summed E-state index contributed by atoms with van der Waals surface area (Å²) in [5.41, 5.74) is 6.50. The van der Waals surface area contributed by atoms with Gasteiger partial charge in [-0.2, -0.15) is 0 Å². The number of hydrogen-bond acceptors (Lipinski definition) is 5. The first-order valence-corrected chi connectivity index (χ1v) is 5.60. The number of nitrogens with one attached hydrogen (secondary N) is 2. The monoisotopic (exact) mass is 237 g/mol. The molecule has 0 aromatic carbocycles. The molecule has 0 radical (unpaired) electrons. The molecule has 1 aromatic heterocycles. The van der Waals surface area contributed by atoms with Crippen molar-refractivity contribution in [2.45, 2.75) is 33.7 Å². The van der Waals surface area contributed by atoms with Crippen LogP contribution in [0.15, 0.2) is 0 Å². The molecule has 0 bridgehead atoms. The van der Waals surface area contributed by atoms with Crippen LogP contribution in [0.2, 0.25) is 0 Å². The highest BCUT2D eigenvalue weighted by Crippen LogP contribution is 2.17. The molecular formula is C11H19N5O. The van der Waals surface area contributed by atoms with E-state index in [0.717, 1.165) is 5.56 Å². The molecule has 1 heterocycles. The van der Waals surface area contributed by atoms with Crippen LogP contribution in [0.1, 0.15) is 25.2 Å². The van der Waals surface area contributed by atoms with Gasteiger partial charge in [0, 0.05) is 12.1 Å². The lowest BCUT2D eigenvalue weighted by Gasteiger charge is -2.16. The van der Waals surface area contributed by atoms with Crippen molar-refractivity contribution in [2.24, 2.45) is 0 Å². The lowest BCUT2D eigenvalue weighted by Crippen LogP contribution is -2.37. The Kier molecular flexibility index (Phi) is 4.25. The average Bonchev–Trinajstić information content (AvgIpc) is 2.25. The Labute approximate surface area is 101 Å². The first-order valence-electron chi connectivity index (χ1n) is 5.60. The van der Waals surface area contributed by atoms with Crippen molar-refractivity contribution < 1.29 is 4.79 Å². The van der Waals surface area contributed by atoms with E-state index in [4.69, 9.17) is 5.73 Å². The maximum atomic E-state index is 11.6. The van der Waals surface area contributed by atoms with Crippen molar-refractivity contribution in [1.29, 1.82) is 0 Å². The summed E-state index contributed by atoms with van der Waals surface area (Å²) < 4.78 is 0. The van der Waals surface area contributed by atoms with Crippen molar-refractivity contribution in [3.8, 4) is 0 Å².